The predicted molar refractivity (Wildman–Crippen MR) is 79.1 cm³/mol. The van der Waals surface area contributed by atoms with Crippen LogP contribution < -0.4 is 5.32 Å². The number of carbonyl (C=O) groups excluding carboxylic acids is 2. The van der Waals surface area contributed by atoms with Crippen molar-refractivity contribution in [1.82, 2.24) is 4.90 Å². The quantitative estimate of drug-likeness (QED) is 0.867. The average molecular weight is 278 g/mol. The largest absolute Gasteiger partial charge is 0.336 e. The van der Waals surface area contributed by atoms with E-state index in [1.807, 2.05) is 42.5 Å². The number of benzene rings is 2. The molecule has 4 rings (SSSR count). The zero-order valence-corrected chi connectivity index (χ0v) is 11.4. The Morgan fingerprint density at radius 2 is 1.67 bits per heavy atom. The Morgan fingerprint density at radius 1 is 1.00 bits per heavy atom. The van der Waals surface area contributed by atoms with Gasteiger partial charge in [0, 0.05) is 24.3 Å². The van der Waals surface area contributed by atoms with Crippen molar-refractivity contribution in [2.75, 3.05) is 18.4 Å². The summed E-state index contributed by atoms with van der Waals surface area (Å²) in [6.45, 7) is 0.896. The van der Waals surface area contributed by atoms with E-state index in [-0.39, 0.29) is 11.8 Å². The number of rotatable bonds is 1. The molecule has 1 N–H and O–H groups in total. The molecule has 0 aromatic heterocycles. The average Bonchev–Trinajstić information content (AvgIpc) is 2.78. The molecule has 2 heterocycles. The van der Waals surface area contributed by atoms with E-state index < -0.39 is 5.41 Å². The molecule has 0 radical (unpaired) electrons. The highest BCUT2D eigenvalue weighted by Crippen LogP contribution is 2.44. The summed E-state index contributed by atoms with van der Waals surface area (Å²) in [5, 5.41) is 2.91. The number of amides is 2. The highest BCUT2D eigenvalue weighted by atomic mass is 16.2. The maximum Gasteiger partial charge on any atom is 0.253 e. The molecule has 0 atom stereocenters. The van der Waals surface area contributed by atoms with E-state index >= 15 is 0 Å². The Morgan fingerprint density at radius 3 is 2.43 bits per heavy atom. The van der Waals surface area contributed by atoms with Crippen LogP contribution in [0.15, 0.2) is 54.6 Å². The van der Waals surface area contributed by atoms with E-state index in [0.29, 0.717) is 18.7 Å². The van der Waals surface area contributed by atoms with Crippen LogP contribution >= 0.6 is 0 Å². The van der Waals surface area contributed by atoms with Gasteiger partial charge in [-0.1, -0.05) is 36.4 Å². The molecule has 1 fully saturated rings. The summed E-state index contributed by atoms with van der Waals surface area (Å²) in [5.41, 5.74) is 1.99. The molecule has 4 heteroatoms. The molecule has 4 nitrogen and oxygen atoms in total. The fourth-order valence-corrected chi connectivity index (χ4v) is 3.20. The zero-order chi connectivity index (χ0) is 14.4. The maximum atomic E-state index is 12.4. The summed E-state index contributed by atoms with van der Waals surface area (Å²) in [5.74, 6) is -0.0146. The fourth-order valence-electron chi connectivity index (χ4n) is 3.20. The van der Waals surface area contributed by atoms with Gasteiger partial charge in [-0.25, -0.2) is 0 Å². The maximum absolute atomic E-state index is 12.4. The first-order chi connectivity index (χ1) is 10.2. The highest BCUT2D eigenvalue weighted by Gasteiger charge is 2.56. The first kappa shape index (κ1) is 12.1. The highest BCUT2D eigenvalue weighted by molar-refractivity contribution is 6.09. The number of fused-ring (bicyclic) bond motifs is 2. The van der Waals surface area contributed by atoms with Gasteiger partial charge >= 0.3 is 0 Å². The van der Waals surface area contributed by atoms with Gasteiger partial charge in [0.25, 0.3) is 5.91 Å². The number of likely N-dealkylation sites (tertiary alicyclic amines) is 1. The minimum atomic E-state index is -0.555. The van der Waals surface area contributed by atoms with Gasteiger partial charge in [0.05, 0.1) is 0 Å². The minimum absolute atomic E-state index is 0.000752. The van der Waals surface area contributed by atoms with Crippen LogP contribution in [0, 0.1) is 0 Å². The van der Waals surface area contributed by atoms with Gasteiger partial charge in [0.15, 0.2) is 0 Å². The SMILES string of the molecule is O=C(c1ccccc1)N1CC2(C1)C(=O)Nc1ccccc12. The van der Waals surface area contributed by atoms with Gasteiger partial charge in [0.1, 0.15) is 5.41 Å². The summed E-state index contributed by atoms with van der Waals surface area (Å²) in [4.78, 5) is 26.4. The van der Waals surface area contributed by atoms with E-state index in [9.17, 15) is 9.59 Å². The van der Waals surface area contributed by atoms with Crippen molar-refractivity contribution in [3.05, 3.63) is 65.7 Å². The van der Waals surface area contributed by atoms with Crippen LogP contribution in [0.25, 0.3) is 0 Å². The lowest BCUT2D eigenvalue weighted by Gasteiger charge is -2.46. The molecule has 1 spiro atoms. The number of hydrogen-bond acceptors (Lipinski definition) is 2. The lowest BCUT2D eigenvalue weighted by molar-refractivity contribution is -0.125. The molecule has 1 saturated heterocycles. The molecule has 0 aliphatic carbocycles. The lowest BCUT2D eigenvalue weighted by Crippen LogP contribution is -2.64. The van der Waals surface area contributed by atoms with E-state index in [1.54, 1.807) is 17.0 Å². The minimum Gasteiger partial charge on any atom is -0.336 e. The van der Waals surface area contributed by atoms with Crippen LogP contribution in [0.1, 0.15) is 15.9 Å². The summed E-state index contributed by atoms with van der Waals surface area (Å²) in [6, 6.07) is 16.9. The fraction of sp³-hybridized carbons (Fsp3) is 0.176. The normalized spacial score (nSPS) is 18.1. The third kappa shape index (κ3) is 1.62. The third-order valence-corrected chi connectivity index (χ3v) is 4.35. The molecule has 0 unspecified atom stereocenters. The van der Waals surface area contributed by atoms with E-state index in [0.717, 1.165) is 11.3 Å². The van der Waals surface area contributed by atoms with E-state index in [2.05, 4.69) is 5.32 Å². The number of hydrogen-bond donors (Lipinski definition) is 1. The molecule has 2 aromatic rings. The van der Waals surface area contributed by atoms with Gasteiger partial charge in [-0.05, 0) is 23.8 Å². The van der Waals surface area contributed by atoms with Crippen molar-refractivity contribution in [2.45, 2.75) is 5.41 Å². The molecule has 2 amide bonds. The molecule has 21 heavy (non-hydrogen) atoms. The van der Waals surface area contributed by atoms with E-state index in [4.69, 9.17) is 0 Å². The standard InChI is InChI=1S/C17H14N2O2/c20-15(12-6-2-1-3-7-12)19-10-17(11-19)13-8-4-5-9-14(13)18-16(17)21/h1-9H,10-11H2,(H,18,21). The smallest absolute Gasteiger partial charge is 0.253 e. The second-order valence-electron chi connectivity index (χ2n) is 5.61. The number of nitrogens with one attached hydrogen (secondary N) is 1. The van der Waals surface area contributed by atoms with E-state index in [1.165, 1.54) is 0 Å². The second kappa shape index (κ2) is 4.19. The Bertz CT molecular complexity index is 733. The number of carbonyl (C=O) groups is 2. The zero-order valence-electron chi connectivity index (χ0n) is 11.4. The lowest BCUT2D eigenvalue weighted by atomic mass is 9.74. The van der Waals surface area contributed by atoms with Crippen LogP contribution in [-0.4, -0.2) is 29.8 Å². The van der Waals surface area contributed by atoms with Crippen LogP contribution in [-0.2, 0) is 10.2 Å². The predicted octanol–water partition coefficient (Wildman–Crippen LogP) is 2.03. The number of anilines is 1. The van der Waals surface area contributed by atoms with Gasteiger partial charge in [0.2, 0.25) is 5.91 Å². The van der Waals surface area contributed by atoms with Crippen molar-refractivity contribution in [1.29, 1.82) is 0 Å². The van der Waals surface area contributed by atoms with Crippen molar-refractivity contribution in [2.24, 2.45) is 0 Å². The molecule has 2 aromatic carbocycles. The summed E-state index contributed by atoms with van der Waals surface area (Å²) < 4.78 is 0. The van der Waals surface area contributed by atoms with Crippen LogP contribution in [0.3, 0.4) is 0 Å². The first-order valence-corrected chi connectivity index (χ1v) is 6.96. The van der Waals surface area contributed by atoms with Crippen LogP contribution in [0.5, 0.6) is 0 Å². The van der Waals surface area contributed by atoms with Gasteiger partial charge in [-0.3, -0.25) is 9.59 Å². The second-order valence-corrected chi connectivity index (χ2v) is 5.61. The Labute approximate surface area is 122 Å². The topological polar surface area (TPSA) is 49.4 Å². The molecule has 104 valence electrons. The first-order valence-electron chi connectivity index (χ1n) is 6.96. The van der Waals surface area contributed by atoms with Crippen LogP contribution in [0.4, 0.5) is 5.69 Å². The van der Waals surface area contributed by atoms with Crippen molar-refractivity contribution in [3.8, 4) is 0 Å². The summed E-state index contributed by atoms with van der Waals surface area (Å²) >= 11 is 0. The molecule has 0 saturated carbocycles. The molecular weight excluding hydrogens is 264 g/mol. The van der Waals surface area contributed by atoms with Gasteiger partial charge in [-0.2, -0.15) is 0 Å². The molecule has 0 bridgehead atoms. The number of nitrogens with zero attached hydrogens (tertiary/aromatic N) is 1. The van der Waals surface area contributed by atoms with Crippen molar-refractivity contribution in [3.63, 3.8) is 0 Å². The summed E-state index contributed by atoms with van der Waals surface area (Å²) in [7, 11) is 0. The molecular formula is C17H14N2O2. The van der Waals surface area contributed by atoms with Crippen molar-refractivity contribution >= 4 is 17.5 Å². The monoisotopic (exact) mass is 278 g/mol. The van der Waals surface area contributed by atoms with Crippen molar-refractivity contribution < 1.29 is 9.59 Å². The Hall–Kier alpha value is -2.62. The van der Waals surface area contributed by atoms with Crippen LogP contribution in [0.2, 0.25) is 0 Å². The molecule has 2 aliphatic rings. The summed E-state index contributed by atoms with van der Waals surface area (Å²) in [6.07, 6.45) is 0. The third-order valence-electron chi connectivity index (χ3n) is 4.35. The Balaban J connectivity index is 1.60. The number of para-hydroxylation sites is 1. The van der Waals surface area contributed by atoms with Gasteiger partial charge < -0.3 is 10.2 Å². The Kier molecular flexibility index (Phi) is 2.42. The van der Waals surface area contributed by atoms with Gasteiger partial charge in [-0.15, -0.1) is 0 Å². The molecule has 2 aliphatic heterocycles.